The predicted octanol–water partition coefficient (Wildman–Crippen LogP) is 5.07. The summed E-state index contributed by atoms with van der Waals surface area (Å²) in [4.78, 5) is 51.5. The zero-order valence-corrected chi connectivity index (χ0v) is 23.3. The van der Waals surface area contributed by atoms with Crippen molar-refractivity contribution >= 4 is 64.5 Å². The molecule has 1 aliphatic rings. The van der Waals surface area contributed by atoms with Crippen molar-refractivity contribution in [2.45, 2.75) is 25.1 Å². The Hall–Kier alpha value is -3.73. The first-order chi connectivity index (χ1) is 19.2. The van der Waals surface area contributed by atoms with Crippen molar-refractivity contribution < 1.29 is 29.0 Å². The molecule has 1 fully saturated rings. The molecule has 0 radical (unpaired) electrons. The lowest BCUT2D eigenvalue weighted by atomic mass is 10.0. The maximum atomic E-state index is 13.0. The topological polar surface area (TPSA) is 125 Å². The third-order valence-corrected chi connectivity index (χ3v) is 7.72. The van der Waals surface area contributed by atoms with Gasteiger partial charge in [0.25, 0.3) is 5.91 Å². The minimum Gasteiger partial charge on any atom is -0.480 e. The van der Waals surface area contributed by atoms with Gasteiger partial charge in [-0.05, 0) is 35.4 Å². The van der Waals surface area contributed by atoms with E-state index in [0.717, 1.165) is 5.56 Å². The van der Waals surface area contributed by atoms with Crippen LogP contribution in [0, 0.1) is 0 Å². The number of hydrogen-bond donors (Lipinski definition) is 3. The summed E-state index contributed by atoms with van der Waals surface area (Å²) in [5, 5.41) is 15.4. The van der Waals surface area contributed by atoms with Crippen LogP contribution >= 0.6 is 35.0 Å². The van der Waals surface area contributed by atoms with Crippen LogP contribution in [-0.4, -0.2) is 57.6 Å². The molecule has 0 bridgehead atoms. The SMILES string of the molecule is O=C(Nc1ccc(CC(NC(=O)C2CSCN2C(=O)OCc2ccccc2)C(=O)O)cc1)c1c(Cl)cccc1Cl. The third kappa shape index (κ3) is 7.47. The zero-order chi connectivity index (χ0) is 28.6. The highest BCUT2D eigenvalue weighted by Crippen LogP contribution is 2.26. The summed E-state index contributed by atoms with van der Waals surface area (Å²) < 4.78 is 5.35. The van der Waals surface area contributed by atoms with Crippen molar-refractivity contribution in [2.24, 2.45) is 0 Å². The van der Waals surface area contributed by atoms with E-state index in [1.807, 2.05) is 30.3 Å². The van der Waals surface area contributed by atoms with Crippen LogP contribution in [0.3, 0.4) is 0 Å². The number of ether oxygens (including phenoxy) is 1. The Kier molecular flexibility index (Phi) is 9.92. The first kappa shape index (κ1) is 29.3. The molecular formula is C28H25Cl2N3O6S. The van der Waals surface area contributed by atoms with E-state index < -0.39 is 36.0 Å². The number of nitrogens with zero attached hydrogens (tertiary/aromatic N) is 1. The number of carboxylic acids is 1. The molecule has 2 atom stereocenters. The summed E-state index contributed by atoms with van der Waals surface area (Å²) in [7, 11) is 0. The molecule has 12 heteroatoms. The van der Waals surface area contributed by atoms with E-state index in [4.69, 9.17) is 27.9 Å². The highest BCUT2D eigenvalue weighted by molar-refractivity contribution is 7.99. The van der Waals surface area contributed by atoms with E-state index in [1.54, 1.807) is 42.5 Å². The summed E-state index contributed by atoms with van der Waals surface area (Å²) >= 11 is 13.6. The molecular weight excluding hydrogens is 577 g/mol. The second-order valence-electron chi connectivity index (χ2n) is 8.88. The molecule has 9 nitrogen and oxygen atoms in total. The largest absolute Gasteiger partial charge is 0.480 e. The van der Waals surface area contributed by atoms with Crippen LogP contribution in [0.5, 0.6) is 0 Å². The van der Waals surface area contributed by atoms with Crippen LogP contribution in [0.1, 0.15) is 21.5 Å². The molecule has 1 heterocycles. The fourth-order valence-electron chi connectivity index (χ4n) is 3.98. The number of benzene rings is 3. The molecule has 3 aromatic rings. The first-order valence-electron chi connectivity index (χ1n) is 12.2. The minimum atomic E-state index is -1.23. The minimum absolute atomic E-state index is 0.00996. The lowest BCUT2D eigenvalue weighted by Crippen LogP contribution is -2.52. The van der Waals surface area contributed by atoms with Crippen molar-refractivity contribution in [1.82, 2.24) is 10.2 Å². The fraction of sp³-hybridized carbons (Fsp3) is 0.214. The number of aliphatic carboxylic acids is 1. The smallest absolute Gasteiger partial charge is 0.411 e. The molecule has 40 heavy (non-hydrogen) atoms. The molecule has 0 aliphatic carbocycles. The second-order valence-corrected chi connectivity index (χ2v) is 10.7. The van der Waals surface area contributed by atoms with Crippen LogP contribution in [0.15, 0.2) is 72.8 Å². The fourth-order valence-corrected chi connectivity index (χ4v) is 5.69. The van der Waals surface area contributed by atoms with E-state index in [1.165, 1.54) is 16.7 Å². The molecule has 3 amide bonds. The standard InChI is InChI=1S/C28H25Cl2N3O6S/c29-20-7-4-8-21(30)24(20)26(35)31-19-11-9-17(10-12-19)13-22(27(36)37)32-25(34)23-15-40-16-33(23)28(38)39-14-18-5-2-1-3-6-18/h1-12,22-23H,13-16H2,(H,31,35)(H,32,34)(H,36,37). The van der Waals surface area contributed by atoms with Gasteiger partial charge in [-0.15, -0.1) is 11.8 Å². The molecule has 4 rings (SSSR count). The van der Waals surface area contributed by atoms with Gasteiger partial charge >= 0.3 is 12.1 Å². The molecule has 3 aromatic carbocycles. The number of hydrogen-bond acceptors (Lipinski definition) is 6. The van der Waals surface area contributed by atoms with E-state index in [9.17, 15) is 24.3 Å². The van der Waals surface area contributed by atoms with E-state index in [-0.39, 0.29) is 34.5 Å². The van der Waals surface area contributed by atoms with Gasteiger partial charge in [-0.2, -0.15) is 0 Å². The van der Waals surface area contributed by atoms with Crippen LogP contribution in [-0.2, 0) is 27.4 Å². The zero-order valence-electron chi connectivity index (χ0n) is 21.0. The van der Waals surface area contributed by atoms with Crippen molar-refractivity contribution in [2.75, 3.05) is 16.9 Å². The number of halogens is 2. The highest BCUT2D eigenvalue weighted by atomic mass is 35.5. The summed E-state index contributed by atoms with van der Waals surface area (Å²) in [6, 6.07) is 18.3. The van der Waals surface area contributed by atoms with Gasteiger partial charge in [-0.25, -0.2) is 9.59 Å². The Morgan fingerprint density at radius 1 is 0.950 bits per heavy atom. The predicted molar refractivity (Wildman–Crippen MR) is 154 cm³/mol. The third-order valence-electron chi connectivity index (χ3n) is 6.08. The number of carbonyl (C=O) groups is 4. The van der Waals surface area contributed by atoms with Crippen LogP contribution in [0.2, 0.25) is 10.0 Å². The summed E-state index contributed by atoms with van der Waals surface area (Å²) in [5.74, 6) is -1.70. The summed E-state index contributed by atoms with van der Waals surface area (Å²) in [5.41, 5.74) is 2.02. The number of thioether (sulfide) groups is 1. The average Bonchev–Trinajstić information content (AvgIpc) is 3.43. The quantitative estimate of drug-likeness (QED) is 0.313. The van der Waals surface area contributed by atoms with Crippen LogP contribution in [0.4, 0.5) is 10.5 Å². The lowest BCUT2D eigenvalue weighted by Gasteiger charge is -2.24. The van der Waals surface area contributed by atoms with Gasteiger partial charge in [0.2, 0.25) is 5.91 Å². The highest BCUT2D eigenvalue weighted by Gasteiger charge is 2.37. The van der Waals surface area contributed by atoms with Gasteiger partial charge in [0.15, 0.2) is 0 Å². The van der Waals surface area contributed by atoms with Gasteiger partial charge in [0.1, 0.15) is 18.7 Å². The lowest BCUT2D eigenvalue weighted by molar-refractivity contribution is -0.142. The Morgan fingerprint density at radius 3 is 2.27 bits per heavy atom. The maximum Gasteiger partial charge on any atom is 0.411 e. The van der Waals surface area contributed by atoms with E-state index >= 15 is 0 Å². The van der Waals surface area contributed by atoms with E-state index in [2.05, 4.69) is 10.6 Å². The van der Waals surface area contributed by atoms with Crippen LogP contribution < -0.4 is 10.6 Å². The van der Waals surface area contributed by atoms with Gasteiger partial charge in [-0.1, -0.05) is 71.7 Å². The monoisotopic (exact) mass is 601 g/mol. The number of rotatable bonds is 9. The van der Waals surface area contributed by atoms with Crippen LogP contribution in [0.25, 0.3) is 0 Å². The molecule has 0 spiro atoms. The molecule has 0 aromatic heterocycles. The molecule has 0 saturated carbocycles. The van der Waals surface area contributed by atoms with Crippen molar-refractivity contribution in [3.63, 3.8) is 0 Å². The van der Waals surface area contributed by atoms with Crippen molar-refractivity contribution in [3.05, 3.63) is 99.5 Å². The molecule has 1 saturated heterocycles. The first-order valence-corrected chi connectivity index (χ1v) is 14.1. The Morgan fingerprint density at radius 2 is 1.62 bits per heavy atom. The summed E-state index contributed by atoms with van der Waals surface area (Å²) in [6.07, 6.45) is -0.652. The van der Waals surface area contributed by atoms with E-state index in [0.29, 0.717) is 17.0 Å². The number of anilines is 1. The average molecular weight is 602 g/mol. The van der Waals surface area contributed by atoms with Gasteiger partial charge < -0.3 is 20.5 Å². The van der Waals surface area contributed by atoms with Gasteiger partial charge in [-0.3, -0.25) is 14.5 Å². The summed E-state index contributed by atoms with van der Waals surface area (Å²) in [6.45, 7) is 0.0643. The van der Waals surface area contributed by atoms with Gasteiger partial charge in [0, 0.05) is 17.9 Å². The Balaban J connectivity index is 1.34. The number of carboxylic acid groups (broad SMARTS) is 1. The Bertz CT molecular complexity index is 1370. The molecule has 1 aliphatic heterocycles. The maximum absolute atomic E-state index is 13.0. The number of amides is 3. The number of nitrogens with one attached hydrogen (secondary N) is 2. The Labute approximate surface area is 244 Å². The van der Waals surface area contributed by atoms with Crippen molar-refractivity contribution in [3.8, 4) is 0 Å². The molecule has 3 N–H and O–H groups in total. The normalized spacial score (nSPS) is 15.2. The second kappa shape index (κ2) is 13.6. The number of carbonyl (C=O) groups excluding carboxylic acids is 3. The molecule has 2 unspecified atom stereocenters. The van der Waals surface area contributed by atoms with Gasteiger partial charge in [0.05, 0.1) is 21.5 Å². The molecule has 208 valence electrons. The van der Waals surface area contributed by atoms with Crippen molar-refractivity contribution in [1.29, 1.82) is 0 Å².